The van der Waals surface area contributed by atoms with E-state index in [0.29, 0.717) is 5.56 Å². The molecule has 1 aliphatic carbocycles. The number of aromatic carboxylic acids is 1. The number of amides is 1. The third-order valence-corrected chi connectivity index (χ3v) is 7.14. The molecule has 0 unspecified atom stereocenters. The molecule has 1 amide bonds. The molecule has 2 aromatic carbocycles. The van der Waals surface area contributed by atoms with Crippen molar-refractivity contribution in [2.24, 2.45) is 7.05 Å². The predicted octanol–water partition coefficient (Wildman–Crippen LogP) is 3.81. The van der Waals surface area contributed by atoms with Crippen LogP contribution in [0.25, 0.3) is 5.57 Å². The second-order valence-electron chi connectivity index (χ2n) is 9.56. The lowest BCUT2D eigenvalue weighted by atomic mass is 9.82. The van der Waals surface area contributed by atoms with Gasteiger partial charge >= 0.3 is 5.97 Å². The lowest BCUT2D eigenvalue weighted by molar-refractivity contribution is -0.111. The molecule has 1 saturated heterocycles. The van der Waals surface area contributed by atoms with Crippen molar-refractivity contribution in [3.8, 4) is 0 Å². The molecule has 190 valence electrons. The summed E-state index contributed by atoms with van der Waals surface area (Å²) < 4.78 is 1.83. The van der Waals surface area contributed by atoms with Crippen LogP contribution in [0.1, 0.15) is 33.5 Å². The van der Waals surface area contributed by atoms with Gasteiger partial charge in [0.15, 0.2) is 0 Å². The number of nitrogens with one attached hydrogen (secondary N) is 1. The van der Waals surface area contributed by atoms with Crippen LogP contribution < -0.4 is 10.2 Å². The van der Waals surface area contributed by atoms with Crippen LogP contribution in [-0.2, 0) is 18.3 Å². The monoisotopic (exact) mass is 497 g/mol. The van der Waals surface area contributed by atoms with E-state index < -0.39 is 5.97 Å². The molecule has 1 aliphatic heterocycles. The summed E-state index contributed by atoms with van der Waals surface area (Å²) in [5.74, 6) is -1.11. The van der Waals surface area contributed by atoms with Crippen molar-refractivity contribution in [1.82, 2.24) is 14.7 Å². The lowest BCUT2D eigenvalue weighted by Crippen LogP contribution is -2.47. The van der Waals surface area contributed by atoms with Gasteiger partial charge in [0.1, 0.15) is 0 Å². The Morgan fingerprint density at radius 3 is 2.49 bits per heavy atom. The lowest BCUT2D eigenvalue weighted by Gasteiger charge is -2.37. The Bertz CT molecular complexity index is 1360. The molecule has 2 heterocycles. The van der Waals surface area contributed by atoms with E-state index in [1.54, 1.807) is 12.1 Å². The van der Waals surface area contributed by atoms with Crippen LogP contribution in [-0.4, -0.2) is 64.4 Å². The number of carboxylic acids is 1. The Labute approximate surface area is 216 Å². The SMILES string of the molecule is C=CC(=O)Nc1ccc2c(c1)CCC(CN1CCN(c3ccc(C(=O)O)cc3)CC1)=C2c1cnn(C)c1. The molecule has 3 aromatic rings. The highest BCUT2D eigenvalue weighted by atomic mass is 16.4. The van der Waals surface area contributed by atoms with E-state index in [1.165, 1.54) is 28.3 Å². The van der Waals surface area contributed by atoms with Crippen LogP contribution in [0.15, 0.2) is 73.1 Å². The van der Waals surface area contributed by atoms with Gasteiger partial charge in [-0.3, -0.25) is 14.4 Å². The van der Waals surface area contributed by atoms with E-state index in [-0.39, 0.29) is 5.91 Å². The molecular formula is C29H31N5O3. The van der Waals surface area contributed by atoms with Crippen LogP contribution in [0.5, 0.6) is 0 Å². The number of fused-ring (bicyclic) bond motifs is 1. The fraction of sp³-hybridized carbons (Fsp3) is 0.276. The molecule has 0 spiro atoms. The van der Waals surface area contributed by atoms with Crippen LogP contribution in [0.2, 0.25) is 0 Å². The number of piperazine rings is 1. The summed E-state index contributed by atoms with van der Waals surface area (Å²) in [6.45, 7) is 8.09. The van der Waals surface area contributed by atoms with E-state index in [9.17, 15) is 9.59 Å². The van der Waals surface area contributed by atoms with Gasteiger partial charge < -0.3 is 15.3 Å². The fourth-order valence-corrected chi connectivity index (χ4v) is 5.23. The number of hydrogen-bond donors (Lipinski definition) is 2. The number of aryl methyl sites for hydroxylation is 2. The minimum Gasteiger partial charge on any atom is -0.478 e. The van der Waals surface area contributed by atoms with Gasteiger partial charge in [0.2, 0.25) is 5.91 Å². The number of anilines is 2. The number of aromatic nitrogens is 2. The van der Waals surface area contributed by atoms with Gasteiger partial charge in [0, 0.05) is 62.9 Å². The summed E-state index contributed by atoms with van der Waals surface area (Å²) in [5, 5.41) is 16.5. The van der Waals surface area contributed by atoms with E-state index in [0.717, 1.165) is 62.5 Å². The first-order chi connectivity index (χ1) is 17.9. The Hall–Kier alpha value is -4.17. The molecule has 0 saturated carbocycles. The Kier molecular flexibility index (Phi) is 6.92. The van der Waals surface area contributed by atoms with E-state index >= 15 is 0 Å². The number of carboxylic acid groups (broad SMARTS) is 1. The highest BCUT2D eigenvalue weighted by Crippen LogP contribution is 2.37. The zero-order valence-corrected chi connectivity index (χ0v) is 21.0. The summed E-state index contributed by atoms with van der Waals surface area (Å²) >= 11 is 0. The number of rotatable bonds is 7. The van der Waals surface area contributed by atoms with Gasteiger partial charge in [-0.1, -0.05) is 12.6 Å². The highest BCUT2D eigenvalue weighted by molar-refractivity contribution is 5.99. The van der Waals surface area contributed by atoms with E-state index in [2.05, 4.69) is 45.1 Å². The molecule has 0 radical (unpaired) electrons. The Balaban J connectivity index is 1.35. The summed E-state index contributed by atoms with van der Waals surface area (Å²) in [6.07, 6.45) is 7.14. The van der Waals surface area contributed by atoms with Crippen molar-refractivity contribution >= 4 is 28.8 Å². The van der Waals surface area contributed by atoms with Crippen molar-refractivity contribution < 1.29 is 14.7 Å². The van der Waals surface area contributed by atoms with Gasteiger partial charge in [-0.05, 0) is 77.6 Å². The van der Waals surface area contributed by atoms with Crippen LogP contribution in [0.4, 0.5) is 11.4 Å². The standard InChI is InChI=1S/C29H31N5O3/c1-3-27(35)31-24-8-11-26-21(16-24)4-5-22(28(26)23-17-30-32(2)18-23)19-33-12-14-34(15-13-33)25-9-6-20(7-10-25)29(36)37/h3,6-11,16-18H,1,4-5,12-15,19H2,2H3,(H,31,35)(H,36,37). The van der Waals surface area contributed by atoms with Crippen molar-refractivity contribution in [3.05, 3.63) is 95.3 Å². The summed E-state index contributed by atoms with van der Waals surface area (Å²) in [7, 11) is 1.93. The molecule has 2 N–H and O–H groups in total. The van der Waals surface area contributed by atoms with Crippen molar-refractivity contribution in [2.75, 3.05) is 42.9 Å². The second-order valence-corrected chi connectivity index (χ2v) is 9.56. The Morgan fingerprint density at radius 2 is 1.84 bits per heavy atom. The van der Waals surface area contributed by atoms with Gasteiger partial charge in [0.25, 0.3) is 0 Å². The first kappa shape index (κ1) is 24.5. The van der Waals surface area contributed by atoms with Gasteiger partial charge in [-0.25, -0.2) is 4.79 Å². The number of carbonyl (C=O) groups excluding carboxylic acids is 1. The first-order valence-corrected chi connectivity index (χ1v) is 12.5. The number of hydrogen-bond acceptors (Lipinski definition) is 5. The van der Waals surface area contributed by atoms with E-state index in [1.807, 2.05) is 36.1 Å². The number of nitrogens with zero attached hydrogens (tertiary/aromatic N) is 4. The molecule has 5 rings (SSSR count). The third kappa shape index (κ3) is 5.34. The van der Waals surface area contributed by atoms with Gasteiger partial charge in [-0.2, -0.15) is 5.10 Å². The summed E-state index contributed by atoms with van der Waals surface area (Å²) in [5.41, 5.74) is 8.33. The smallest absolute Gasteiger partial charge is 0.335 e. The van der Waals surface area contributed by atoms with Crippen LogP contribution >= 0.6 is 0 Å². The van der Waals surface area contributed by atoms with Crippen molar-refractivity contribution in [1.29, 1.82) is 0 Å². The molecule has 0 bridgehead atoms. The third-order valence-electron chi connectivity index (χ3n) is 7.14. The maximum atomic E-state index is 11.8. The number of carbonyl (C=O) groups is 2. The summed E-state index contributed by atoms with van der Waals surface area (Å²) in [4.78, 5) is 27.7. The molecule has 0 atom stereocenters. The molecule has 8 nitrogen and oxygen atoms in total. The molecule has 1 aromatic heterocycles. The Morgan fingerprint density at radius 1 is 1.08 bits per heavy atom. The topological polar surface area (TPSA) is 90.7 Å². The average Bonchev–Trinajstić information content (AvgIpc) is 3.34. The zero-order valence-electron chi connectivity index (χ0n) is 21.0. The van der Waals surface area contributed by atoms with Crippen molar-refractivity contribution in [3.63, 3.8) is 0 Å². The number of benzene rings is 2. The molecular weight excluding hydrogens is 466 g/mol. The average molecular weight is 498 g/mol. The normalized spacial score (nSPS) is 15.9. The first-order valence-electron chi connectivity index (χ1n) is 12.5. The molecule has 37 heavy (non-hydrogen) atoms. The fourth-order valence-electron chi connectivity index (χ4n) is 5.23. The molecule has 8 heteroatoms. The quantitative estimate of drug-likeness (QED) is 0.483. The van der Waals surface area contributed by atoms with Gasteiger partial charge in [0.05, 0.1) is 11.8 Å². The minimum absolute atomic E-state index is 0.212. The van der Waals surface area contributed by atoms with Crippen LogP contribution in [0.3, 0.4) is 0 Å². The highest BCUT2D eigenvalue weighted by Gasteiger charge is 2.25. The maximum absolute atomic E-state index is 11.8. The van der Waals surface area contributed by atoms with E-state index in [4.69, 9.17) is 5.11 Å². The summed E-state index contributed by atoms with van der Waals surface area (Å²) in [6, 6.07) is 13.3. The zero-order chi connectivity index (χ0) is 25.9. The predicted molar refractivity (Wildman–Crippen MR) is 145 cm³/mol. The van der Waals surface area contributed by atoms with Gasteiger partial charge in [-0.15, -0.1) is 0 Å². The molecule has 2 aliphatic rings. The van der Waals surface area contributed by atoms with Crippen LogP contribution in [0, 0.1) is 0 Å². The molecule has 1 fully saturated rings. The second kappa shape index (κ2) is 10.4. The largest absolute Gasteiger partial charge is 0.478 e. The minimum atomic E-state index is -0.902. The maximum Gasteiger partial charge on any atom is 0.335 e. The van der Waals surface area contributed by atoms with Crippen molar-refractivity contribution in [2.45, 2.75) is 12.8 Å².